The van der Waals surface area contributed by atoms with Gasteiger partial charge in [-0.1, -0.05) is 13.3 Å². The molecule has 0 spiro atoms. The summed E-state index contributed by atoms with van der Waals surface area (Å²) in [7, 11) is 0. The summed E-state index contributed by atoms with van der Waals surface area (Å²) in [5.74, 6) is 0. The summed E-state index contributed by atoms with van der Waals surface area (Å²) in [5.41, 5.74) is 0.504. The summed E-state index contributed by atoms with van der Waals surface area (Å²) < 4.78 is 0. The number of nitrogens with one attached hydrogen (secondary N) is 1. The number of aromatic nitrogens is 1. The van der Waals surface area contributed by atoms with Crippen molar-refractivity contribution in [3.63, 3.8) is 0 Å². The Bertz CT molecular complexity index is 365. The third kappa shape index (κ3) is 3.87. The van der Waals surface area contributed by atoms with E-state index in [1.165, 1.54) is 0 Å². The Morgan fingerprint density at radius 2 is 2.31 bits per heavy atom. The molecule has 0 bridgehead atoms. The maximum absolute atomic E-state index is 9.94. The van der Waals surface area contributed by atoms with Gasteiger partial charge in [0.25, 0.3) is 0 Å². The Hall–Kier alpha value is -1.60. The average Bonchev–Trinajstić information content (AvgIpc) is 2.27. The number of hydrogen-bond acceptors (Lipinski definition) is 4. The third-order valence-electron chi connectivity index (χ3n) is 2.34. The van der Waals surface area contributed by atoms with Crippen molar-refractivity contribution in [1.29, 1.82) is 5.26 Å². The van der Waals surface area contributed by atoms with Crippen LogP contribution < -0.4 is 5.32 Å². The zero-order valence-electron chi connectivity index (χ0n) is 9.70. The number of nitriles is 1. The van der Waals surface area contributed by atoms with Crippen LogP contribution in [0.25, 0.3) is 0 Å². The van der Waals surface area contributed by atoms with E-state index in [1.54, 1.807) is 25.3 Å². The molecule has 0 amide bonds. The van der Waals surface area contributed by atoms with Crippen LogP contribution in [0.5, 0.6) is 0 Å². The fourth-order valence-corrected chi connectivity index (χ4v) is 1.48. The van der Waals surface area contributed by atoms with Crippen molar-refractivity contribution in [3.05, 3.63) is 24.0 Å². The maximum Gasteiger partial charge on any atom is 0.140 e. The number of hydrogen-bond donors (Lipinski definition) is 2. The molecule has 1 unspecified atom stereocenters. The molecular formula is C12H17N3O. The molecule has 16 heavy (non-hydrogen) atoms. The van der Waals surface area contributed by atoms with Gasteiger partial charge < -0.3 is 10.4 Å². The first-order valence-corrected chi connectivity index (χ1v) is 5.40. The van der Waals surface area contributed by atoms with Crippen molar-refractivity contribution in [3.8, 4) is 6.07 Å². The van der Waals surface area contributed by atoms with Crippen LogP contribution in [-0.4, -0.2) is 22.2 Å². The standard InChI is InChI=1S/C12H17N3O/c1-3-6-12(2,16)9-15-11-5-4-10(7-13)14-8-11/h4-5,8,15-16H,3,6,9H2,1-2H3. The van der Waals surface area contributed by atoms with Crippen molar-refractivity contribution in [1.82, 2.24) is 4.98 Å². The molecule has 0 aromatic carbocycles. The summed E-state index contributed by atoms with van der Waals surface area (Å²) >= 11 is 0. The van der Waals surface area contributed by atoms with Crippen molar-refractivity contribution >= 4 is 5.69 Å². The van der Waals surface area contributed by atoms with E-state index in [4.69, 9.17) is 5.26 Å². The molecule has 0 aliphatic heterocycles. The SMILES string of the molecule is CCCC(C)(O)CNc1ccc(C#N)nc1. The zero-order valence-corrected chi connectivity index (χ0v) is 9.70. The molecule has 4 nitrogen and oxygen atoms in total. The molecule has 1 aromatic heterocycles. The Labute approximate surface area is 95.9 Å². The van der Waals surface area contributed by atoms with Crippen molar-refractivity contribution in [2.75, 3.05) is 11.9 Å². The van der Waals surface area contributed by atoms with Gasteiger partial charge in [0.1, 0.15) is 11.8 Å². The van der Waals surface area contributed by atoms with E-state index in [2.05, 4.69) is 10.3 Å². The monoisotopic (exact) mass is 219 g/mol. The van der Waals surface area contributed by atoms with Gasteiger partial charge in [0.15, 0.2) is 0 Å². The molecule has 0 aliphatic rings. The molecule has 4 heteroatoms. The van der Waals surface area contributed by atoms with Crippen LogP contribution >= 0.6 is 0 Å². The molecule has 1 rings (SSSR count). The highest BCUT2D eigenvalue weighted by Crippen LogP contribution is 2.13. The topological polar surface area (TPSA) is 68.9 Å². The van der Waals surface area contributed by atoms with Gasteiger partial charge in [0, 0.05) is 6.54 Å². The first-order valence-electron chi connectivity index (χ1n) is 5.40. The van der Waals surface area contributed by atoms with E-state index in [9.17, 15) is 5.11 Å². The minimum atomic E-state index is -0.706. The van der Waals surface area contributed by atoms with Crippen molar-refractivity contribution in [2.45, 2.75) is 32.3 Å². The molecule has 0 aliphatic carbocycles. The van der Waals surface area contributed by atoms with Gasteiger partial charge in [0.2, 0.25) is 0 Å². The van der Waals surface area contributed by atoms with Gasteiger partial charge in [-0.3, -0.25) is 0 Å². The van der Waals surface area contributed by atoms with Crippen LogP contribution in [0.15, 0.2) is 18.3 Å². The van der Waals surface area contributed by atoms with Gasteiger partial charge in [-0.2, -0.15) is 5.26 Å². The lowest BCUT2D eigenvalue weighted by molar-refractivity contribution is 0.0637. The average molecular weight is 219 g/mol. The highest BCUT2D eigenvalue weighted by Gasteiger charge is 2.18. The minimum Gasteiger partial charge on any atom is -0.388 e. The highest BCUT2D eigenvalue weighted by atomic mass is 16.3. The molecule has 2 N–H and O–H groups in total. The zero-order chi connectivity index (χ0) is 12.0. The molecule has 0 saturated heterocycles. The van der Waals surface area contributed by atoms with Gasteiger partial charge in [-0.25, -0.2) is 4.98 Å². The van der Waals surface area contributed by atoms with Crippen LogP contribution in [-0.2, 0) is 0 Å². The predicted molar refractivity (Wildman–Crippen MR) is 63.0 cm³/mol. The van der Waals surface area contributed by atoms with Crippen molar-refractivity contribution in [2.24, 2.45) is 0 Å². The van der Waals surface area contributed by atoms with E-state index >= 15 is 0 Å². The molecule has 1 aromatic rings. The summed E-state index contributed by atoms with van der Waals surface area (Å²) in [6.45, 7) is 4.33. The van der Waals surface area contributed by atoms with Crippen LogP contribution in [0, 0.1) is 11.3 Å². The van der Waals surface area contributed by atoms with Gasteiger partial charge in [-0.05, 0) is 25.5 Å². The molecule has 0 fully saturated rings. The summed E-state index contributed by atoms with van der Waals surface area (Å²) in [6.07, 6.45) is 3.30. The lowest BCUT2D eigenvalue weighted by Crippen LogP contribution is -2.33. The number of nitrogens with zero attached hydrogens (tertiary/aromatic N) is 2. The molecular weight excluding hydrogens is 202 g/mol. The van der Waals surface area contributed by atoms with Gasteiger partial charge in [-0.15, -0.1) is 0 Å². The quantitative estimate of drug-likeness (QED) is 0.793. The first-order chi connectivity index (χ1) is 7.57. The van der Waals surface area contributed by atoms with E-state index in [-0.39, 0.29) is 0 Å². The lowest BCUT2D eigenvalue weighted by Gasteiger charge is -2.23. The summed E-state index contributed by atoms with van der Waals surface area (Å²) in [6, 6.07) is 5.39. The van der Waals surface area contributed by atoms with Crippen LogP contribution in [0.1, 0.15) is 32.4 Å². The fourth-order valence-electron chi connectivity index (χ4n) is 1.48. The Balaban J connectivity index is 2.52. The second kappa shape index (κ2) is 5.47. The largest absolute Gasteiger partial charge is 0.388 e. The predicted octanol–water partition coefficient (Wildman–Crippen LogP) is 1.92. The van der Waals surface area contributed by atoms with Crippen LogP contribution in [0.2, 0.25) is 0 Å². The Morgan fingerprint density at radius 3 is 2.81 bits per heavy atom. The van der Waals surface area contributed by atoms with E-state index in [1.807, 2.05) is 13.0 Å². The maximum atomic E-state index is 9.94. The normalized spacial score (nSPS) is 13.9. The van der Waals surface area contributed by atoms with E-state index < -0.39 is 5.60 Å². The van der Waals surface area contributed by atoms with Gasteiger partial charge >= 0.3 is 0 Å². The Kier molecular flexibility index (Phi) is 4.27. The number of anilines is 1. The summed E-state index contributed by atoms with van der Waals surface area (Å²) in [4.78, 5) is 3.94. The number of aliphatic hydroxyl groups is 1. The number of pyridine rings is 1. The highest BCUT2D eigenvalue weighted by molar-refractivity contribution is 5.42. The molecule has 1 heterocycles. The lowest BCUT2D eigenvalue weighted by atomic mass is 10.0. The van der Waals surface area contributed by atoms with E-state index in [0.717, 1.165) is 18.5 Å². The third-order valence-corrected chi connectivity index (χ3v) is 2.34. The fraction of sp³-hybridized carbons (Fsp3) is 0.500. The molecule has 86 valence electrons. The second-order valence-corrected chi connectivity index (χ2v) is 4.14. The van der Waals surface area contributed by atoms with Crippen LogP contribution in [0.4, 0.5) is 5.69 Å². The van der Waals surface area contributed by atoms with E-state index in [0.29, 0.717) is 12.2 Å². The second-order valence-electron chi connectivity index (χ2n) is 4.14. The smallest absolute Gasteiger partial charge is 0.140 e. The first kappa shape index (κ1) is 12.5. The molecule has 0 radical (unpaired) electrons. The summed E-state index contributed by atoms with van der Waals surface area (Å²) in [5, 5.41) is 21.6. The number of rotatable bonds is 5. The minimum absolute atomic E-state index is 0.394. The molecule has 1 atom stereocenters. The van der Waals surface area contributed by atoms with Gasteiger partial charge in [0.05, 0.1) is 17.5 Å². The Morgan fingerprint density at radius 1 is 1.56 bits per heavy atom. The van der Waals surface area contributed by atoms with Crippen molar-refractivity contribution < 1.29 is 5.11 Å². The molecule has 0 saturated carbocycles. The van der Waals surface area contributed by atoms with Crippen LogP contribution in [0.3, 0.4) is 0 Å².